The van der Waals surface area contributed by atoms with E-state index in [4.69, 9.17) is 0 Å². The molecular formula is C11H15NO3S. The van der Waals surface area contributed by atoms with Gasteiger partial charge in [0.15, 0.2) is 0 Å². The quantitative estimate of drug-likeness (QED) is 0.770. The first-order chi connectivity index (χ1) is 7.52. The number of carbonyl (C=O) groups is 1. The SMILES string of the molecule is CN(C)[13C](=O)C(O)CS(=O)c1ccccc1. The normalized spacial score (nSPS) is 14.2. The first kappa shape index (κ1) is 12.9. The lowest BCUT2D eigenvalue weighted by Crippen LogP contribution is -2.36. The molecule has 88 valence electrons. The molecule has 2 atom stereocenters. The third kappa shape index (κ3) is 3.43. The molecule has 1 amide bonds. The van der Waals surface area contributed by atoms with Crippen LogP contribution in [-0.4, -0.2) is 46.1 Å². The molecule has 16 heavy (non-hydrogen) atoms. The lowest BCUT2D eigenvalue weighted by atomic mass is 10.4. The topological polar surface area (TPSA) is 57.6 Å². The molecule has 5 heteroatoms. The monoisotopic (exact) mass is 242 g/mol. The predicted molar refractivity (Wildman–Crippen MR) is 62.4 cm³/mol. The van der Waals surface area contributed by atoms with Gasteiger partial charge in [0, 0.05) is 19.0 Å². The molecule has 0 aliphatic rings. The Labute approximate surface area is 97.3 Å². The second kappa shape index (κ2) is 5.77. The highest BCUT2D eigenvalue weighted by Crippen LogP contribution is 2.07. The maximum absolute atomic E-state index is 11.8. The number of likely N-dealkylation sites (N-methyl/N-ethyl adjacent to an activating group) is 1. The predicted octanol–water partition coefficient (Wildman–Crippen LogP) is 0.243. The summed E-state index contributed by atoms with van der Waals surface area (Å²) >= 11 is 0. The van der Waals surface area contributed by atoms with Crippen LogP contribution in [0, 0.1) is 0 Å². The Hall–Kier alpha value is -1.20. The maximum atomic E-state index is 11.8. The molecule has 0 fully saturated rings. The van der Waals surface area contributed by atoms with Crippen LogP contribution >= 0.6 is 0 Å². The van der Waals surface area contributed by atoms with E-state index in [1.807, 2.05) is 6.07 Å². The summed E-state index contributed by atoms with van der Waals surface area (Å²) in [5.74, 6) is -0.495. The number of aliphatic hydroxyl groups is 1. The average Bonchev–Trinajstić information content (AvgIpc) is 2.28. The van der Waals surface area contributed by atoms with Gasteiger partial charge in [-0.05, 0) is 12.1 Å². The summed E-state index contributed by atoms with van der Waals surface area (Å²) in [5, 5.41) is 9.54. The highest BCUT2D eigenvalue weighted by Gasteiger charge is 2.20. The molecule has 2 unspecified atom stereocenters. The van der Waals surface area contributed by atoms with Crippen molar-refractivity contribution in [2.45, 2.75) is 11.0 Å². The number of nitrogens with zero attached hydrogens (tertiary/aromatic N) is 1. The van der Waals surface area contributed by atoms with Gasteiger partial charge in [-0.3, -0.25) is 9.00 Å². The molecule has 0 heterocycles. The number of hydrogen-bond donors (Lipinski definition) is 1. The van der Waals surface area contributed by atoms with Crippen LogP contribution in [0.1, 0.15) is 0 Å². The van der Waals surface area contributed by atoms with E-state index in [1.165, 1.54) is 4.90 Å². The Bertz CT molecular complexity index is 378. The number of benzene rings is 1. The smallest absolute Gasteiger partial charge is 0.251 e. The van der Waals surface area contributed by atoms with Gasteiger partial charge in [-0.1, -0.05) is 18.2 Å². The summed E-state index contributed by atoms with van der Waals surface area (Å²) in [5.41, 5.74) is 0. The molecule has 1 aromatic rings. The Morgan fingerprint density at radius 1 is 1.38 bits per heavy atom. The minimum absolute atomic E-state index is 0.0684. The molecule has 0 spiro atoms. The Balaban J connectivity index is 2.62. The molecule has 4 nitrogen and oxygen atoms in total. The summed E-state index contributed by atoms with van der Waals surface area (Å²) in [6.07, 6.45) is -1.21. The Kier molecular flexibility index (Phi) is 4.64. The standard InChI is InChI=1S/C11H15NO3S/c1-12(2)11(14)10(13)8-16(15)9-6-4-3-5-7-9/h3-7,10,13H,8H2,1-2H3/i11+1. The molecule has 0 saturated carbocycles. The van der Waals surface area contributed by atoms with E-state index in [2.05, 4.69) is 0 Å². The van der Waals surface area contributed by atoms with E-state index >= 15 is 0 Å². The van der Waals surface area contributed by atoms with Crippen LogP contribution in [0.15, 0.2) is 35.2 Å². The van der Waals surface area contributed by atoms with Crippen molar-refractivity contribution >= 4 is 16.7 Å². The van der Waals surface area contributed by atoms with Gasteiger partial charge in [0.2, 0.25) is 0 Å². The van der Waals surface area contributed by atoms with Crippen LogP contribution in [0.4, 0.5) is 0 Å². The number of aliphatic hydroxyl groups excluding tert-OH is 1. The lowest BCUT2D eigenvalue weighted by Gasteiger charge is -2.15. The zero-order chi connectivity index (χ0) is 12.1. The van der Waals surface area contributed by atoms with Crippen molar-refractivity contribution in [3.8, 4) is 0 Å². The van der Waals surface area contributed by atoms with E-state index < -0.39 is 22.8 Å². The molecule has 0 bridgehead atoms. The van der Waals surface area contributed by atoms with Gasteiger partial charge in [0.1, 0.15) is 6.10 Å². The van der Waals surface area contributed by atoms with E-state index in [1.54, 1.807) is 38.4 Å². The molecular weight excluding hydrogens is 227 g/mol. The summed E-state index contributed by atoms with van der Waals surface area (Å²) in [4.78, 5) is 13.3. The van der Waals surface area contributed by atoms with E-state index in [0.717, 1.165) is 0 Å². The third-order valence-electron chi connectivity index (χ3n) is 2.04. The van der Waals surface area contributed by atoms with Crippen molar-refractivity contribution in [1.82, 2.24) is 4.90 Å². The van der Waals surface area contributed by atoms with Crippen molar-refractivity contribution in [3.05, 3.63) is 30.3 Å². The summed E-state index contributed by atoms with van der Waals surface area (Å²) in [6, 6.07) is 8.79. The molecule has 0 aliphatic heterocycles. The molecule has 1 aromatic carbocycles. The van der Waals surface area contributed by atoms with Crippen LogP contribution in [0.5, 0.6) is 0 Å². The first-order valence-electron chi connectivity index (χ1n) is 4.85. The zero-order valence-electron chi connectivity index (χ0n) is 9.29. The van der Waals surface area contributed by atoms with E-state index in [0.29, 0.717) is 4.90 Å². The van der Waals surface area contributed by atoms with Crippen LogP contribution in [-0.2, 0) is 15.6 Å². The number of hydrogen-bond acceptors (Lipinski definition) is 3. The van der Waals surface area contributed by atoms with Gasteiger partial charge in [0.05, 0.1) is 16.6 Å². The van der Waals surface area contributed by atoms with Crippen molar-refractivity contribution < 1.29 is 14.1 Å². The van der Waals surface area contributed by atoms with Crippen molar-refractivity contribution in [2.75, 3.05) is 19.8 Å². The largest absolute Gasteiger partial charge is 0.382 e. The third-order valence-corrected chi connectivity index (χ3v) is 3.46. The average molecular weight is 242 g/mol. The zero-order valence-corrected chi connectivity index (χ0v) is 10.1. The second-order valence-electron chi connectivity index (χ2n) is 3.57. The van der Waals surface area contributed by atoms with E-state index in [-0.39, 0.29) is 5.75 Å². The lowest BCUT2D eigenvalue weighted by molar-refractivity contribution is -0.136. The Morgan fingerprint density at radius 2 is 1.94 bits per heavy atom. The van der Waals surface area contributed by atoms with Crippen molar-refractivity contribution in [3.63, 3.8) is 0 Å². The Morgan fingerprint density at radius 3 is 2.44 bits per heavy atom. The highest BCUT2D eigenvalue weighted by atomic mass is 32.2. The molecule has 0 aromatic heterocycles. The summed E-state index contributed by atoms with van der Waals surface area (Å²) < 4.78 is 11.8. The summed E-state index contributed by atoms with van der Waals surface area (Å²) in [6.45, 7) is 0. The number of rotatable bonds is 4. The minimum Gasteiger partial charge on any atom is -0.382 e. The molecule has 1 rings (SSSR count). The van der Waals surface area contributed by atoms with Gasteiger partial charge < -0.3 is 10.0 Å². The fourth-order valence-corrected chi connectivity index (χ4v) is 2.26. The number of carbonyl (C=O) groups excluding carboxylic acids is 1. The number of amides is 1. The van der Waals surface area contributed by atoms with Gasteiger partial charge in [-0.25, -0.2) is 0 Å². The fourth-order valence-electron chi connectivity index (χ4n) is 1.18. The van der Waals surface area contributed by atoms with Crippen LogP contribution in [0.25, 0.3) is 0 Å². The van der Waals surface area contributed by atoms with Crippen LogP contribution in [0.2, 0.25) is 0 Å². The molecule has 0 radical (unpaired) electrons. The van der Waals surface area contributed by atoms with Crippen molar-refractivity contribution in [1.29, 1.82) is 0 Å². The fraction of sp³-hybridized carbons (Fsp3) is 0.364. The highest BCUT2D eigenvalue weighted by molar-refractivity contribution is 7.85. The molecule has 0 aliphatic carbocycles. The van der Waals surface area contributed by atoms with Crippen LogP contribution < -0.4 is 0 Å². The van der Waals surface area contributed by atoms with Gasteiger partial charge in [-0.2, -0.15) is 0 Å². The van der Waals surface area contributed by atoms with E-state index in [9.17, 15) is 14.1 Å². The van der Waals surface area contributed by atoms with Gasteiger partial charge >= 0.3 is 0 Å². The van der Waals surface area contributed by atoms with Gasteiger partial charge in [-0.15, -0.1) is 0 Å². The van der Waals surface area contributed by atoms with Crippen LogP contribution in [0.3, 0.4) is 0 Å². The van der Waals surface area contributed by atoms with Crippen molar-refractivity contribution in [2.24, 2.45) is 0 Å². The first-order valence-corrected chi connectivity index (χ1v) is 6.17. The maximum Gasteiger partial charge on any atom is 0.251 e. The summed E-state index contributed by atoms with van der Waals surface area (Å²) in [7, 11) is 1.76. The second-order valence-corrected chi connectivity index (χ2v) is 5.07. The molecule has 1 N–H and O–H groups in total. The van der Waals surface area contributed by atoms with Gasteiger partial charge in [0.25, 0.3) is 5.91 Å². The molecule has 0 saturated heterocycles. The minimum atomic E-state index is -1.35.